The van der Waals surface area contributed by atoms with Crippen molar-refractivity contribution in [2.75, 3.05) is 13.2 Å². The standard InChI is InChI=1S/C15H33NO/c1-6-9-10-15(7-2)12-17-14(5)11-13(4)16-8-3/h13-16H,6-12H2,1-5H3. The van der Waals surface area contributed by atoms with Crippen LogP contribution in [0.5, 0.6) is 0 Å². The van der Waals surface area contributed by atoms with Crippen molar-refractivity contribution in [2.45, 2.75) is 78.9 Å². The lowest BCUT2D eigenvalue weighted by Gasteiger charge is -2.21. The van der Waals surface area contributed by atoms with Crippen molar-refractivity contribution in [2.24, 2.45) is 5.92 Å². The minimum atomic E-state index is 0.375. The van der Waals surface area contributed by atoms with Gasteiger partial charge in [-0.1, -0.05) is 40.0 Å². The smallest absolute Gasteiger partial charge is 0.0561 e. The maximum Gasteiger partial charge on any atom is 0.0561 e. The first kappa shape index (κ1) is 16.9. The molecular formula is C15H33NO. The molecule has 1 N–H and O–H groups in total. The summed E-state index contributed by atoms with van der Waals surface area (Å²) in [5, 5.41) is 3.43. The van der Waals surface area contributed by atoms with E-state index < -0.39 is 0 Å². The van der Waals surface area contributed by atoms with Gasteiger partial charge in [-0.3, -0.25) is 0 Å². The number of unbranched alkanes of at least 4 members (excludes halogenated alkanes) is 1. The summed E-state index contributed by atoms with van der Waals surface area (Å²) in [7, 11) is 0. The lowest BCUT2D eigenvalue weighted by molar-refractivity contribution is 0.0273. The lowest BCUT2D eigenvalue weighted by Crippen LogP contribution is -2.30. The van der Waals surface area contributed by atoms with E-state index in [1.165, 1.54) is 25.7 Å². The van der Waals surface area contributed by atoms with Gasteiger partial charge in [0.1, 0.15) is 0 Å². The van der Waals surface area contributed by atoms with Crippen LogP contribution in [0.15, 0.2) is 0 Å². The lowest BCUT2D eigenvalue weighted by atomic mass is 10.0. The van der Waals surface area contributed by atoms with Crippen LogP contribution >= 0.6 is 0 Å². The van der Waals surface area contributed by atoms with Gasteiger partial charge < -0.3 is 10.1 Å². The molecule has 0 amide bonds. The third kappa shape index (κ3) is 9.61. The molecule has 104 valence electrons. The zero-order valence-corrected chi connectivity index (χ0v) is 12.6. The third-order valence-electron chi connectivity index (χ3n) is 3.40. The predicted molar refractivity (Wildman–Crippen MR) is 76.5 cm³/mol. The van der Waals surface area contributed by atoms with Crippen molar-refractivity contribution in [3.8, 4) is 0 Å². The molecule has 0 aromatic heterocycles. The fraction of sp³-hybridized carbons (Fsp3) is 1.00. The number of rotatable bonds is 11. The number of hydrogen-bond donors (Lipinski definition) is 1. The molecule has 0 rings (SSSR count). The van der Waals surface area contributed by atoms with Gasteiger partial charge in [-0.05, 0) is 39.2 Å². The van der Waals surface area contributed by atoms with Crippen molar-refractivity contribution in [1.29, 1.82) is 0 Å². The first-order chi connectivity index (χ1) is 8.13. The van der Waals surface area contributed by atoms with Gasteiger partial charge in [-0.2, -0.15) is 0 Å². The van der Waals surface area contributed by atoms with Crippen LogP contribution in [0.25, 0.3) is 0 Å². The van der Waals surface area contributed by atoms with Gasteiger partial charge in [0.2, 0.25) is 0 Å². The molecule has 0 aliphatic carbocycles. The molecule has 2 nitrogen and oxygen atoms in total. The van der Waals surface area contributed by atoms with Gasteiger partial charge in [-0.25, -0.2) is 0 Å². The molecule has 0 aromatic rings. The van der Waals surface area contributed by atoms with Crippen LogP contribution in [-0.4, -0.2) is 25.3 Å². The van der Waals surface area contributed by atoms with Crippen LogP contribution in [-0.2, 0) is 4.74 Å². The molecule has 0 saturated carbocycles. The monoisotopic (exact) mass is 243 g/mol. The highest BCUT2D eigenvalue weighted by molar-refractivity contribution is 4.65. The van der Waals surface area contributed by atoms with Crippen molar-refractivity contribution in [1.82, 2.24) is 5.32 Å². The summed E-state index contributed by atoms with van der Waals surface area (Å²) >= 11 is 0. The average Bonchev–Trinajstić information content (AvgIpc) is 2.29. The van der Waals surface area contributed by atoms with Crippen LogP contribution in [0.4, 0.5) is 0 Å². The van der Waals surface area contributed by atoms with E-state index in [0.29, 0.717) is 12.1 Å². The molecule has 2 heteroatoms. The summed E-state index contributed by atoms with van der Waals surface area (Å²) in [5.41, 5.74) is 0. The van der Waals surface area contributed by atoms with Gasteiger partial charge in [0, 0.05) is 12.6 Å². The number of ether oxygens (including phenoxy) is 1. The predicted octanol–water partition coefficient (Wildman–Crippen LogP) is 4.00. The second-order valence-electron chi connectivity index (χ2n) is 5.25. The van der Waals surface area contributed by atoms with Crippen LogP contribution in [0.3, 0.4) is 0 Å². The van der Waals surface area contributed by atoms with E-state index in [-0.39, 0.29) is 0 Å². The third-order valence-corrected chi connectivity index (χ3v) is 3.40. The molecule has 3 atom stereocenters. The largest absolute Gasteiger partial charge is 0.378 e. The van der Waals surface area contributed by atoms with Crippen LogP contribution < -0.4 is 5.32 Å². The van der Waals surface area contributed by atoms with Crippen molar-refractivity contribution in [3.63, 3.8) is 0 Å². The van der Waals surface area contributed by atoms with E-state index >= 15 is 0 Å². The first-order valence-electron chi connectivity index (χ1n) is 7.48. The topological polar surface area (TPSA) is 21.3 Å². The number of hydrogen-bond acceptors (Lipinski definition) is 2. The maximum atomic E-state index is 5.97. The Morgan fingerprint density at radius 1 is 1.12 bits per heavy atom. The van der Waals surface area contributed by atoms with E-state index in [1.807, 2.05) is 0 Å². The fourth-order valence-corrected chi connectivity index (χ4v) is 2.20. The molecule has 0 spiro atoms. The van der Waals surface area contributed by atoms with Gasteiger partial charge in [0.05, 0.1) is 6.10 Å². The Labute approximate surface area is 109 Å². The molecule has 0 saturated heterocycles. The molecule has 17 heavy (non-hydrogen) atoms. The normalized spacial score (nSPS) is 16.8. The summed E-state index contributed by atoms with van der Waals surface area (Å²) in [6.07, 6.45) is 6.68. The molecule has 0 aliphatic heterocycles. The van der Waals surface area contributed by atoms with Crippen LogP contribution in [0.1, 0.15) is 66.7 Å². The SMILES string of the molecule is CCCCC(CC)COC(C)CC(C)NCC. The first-order valence-corrected chi connectivity index (χ1v) is 7.48. The Balaban J connectivity index is 3.68. The van der Waals surface area contributed by atoms with Gasteiger partial charge in [0.25, 0.3) is 0 Å². The Kier molecular flexibility index (Phi) is 11.0. The van der Waals surface area contributed by atoms with Gasteiger partial charge in [-0.15, -0.1) is 0 Å². The van der Waals surface area contributed by atoms with Crippen LogP contribution in [0, 0.1) is 5.92 Å². The molecule has 0 radical (unpaired) electrons. The highest BCUT2D eigenvalue weighted by atomic mass is 16.5. The molecular weight excluding hydrogens is 210 g/mol. The van der Waals surface area contributed by atoms with E-state index in [2.05, 4.69) is 39.9 Å². The second kappa shape index (κ2) is 11.0. The summed E-state index contributed by atoms with van der Waals surface area (Å²) in [4.78, 5) is 0. The quantitative estimate of drug-likeness (QED) is 0.592. The van der Waals surface area contributed by atoms with E-state index in [4.69, 9.17) is 4.74 Å². The van der Waals surface area contributed by atoms with Gasteiger partial charge in [0.15, 0.2) is 0 Å². The minimum absolute atomic E-state index is 0.375. The summed E-state index contributed by atoms with van der Waals surface area (Å²) < 4.78 is 5.97. The van der Waals surface area contributed by atoms with Crippen molar-refractivity contribution >= 4 is 0 Å². The fourth-order valence-electron chi connectivity index (χ4n) is 2.20. The van der Waals surface area contributed by atoms with Crippen LogP contribution in [0.2, 0.25) is 0 Å². The number of nitrogens with one attached hydrogen (secondary N) is 1. The van der Waals surface area contributed by atoms with Crippen molar-refractivity contribution < 1.29 is 4.74 Å². The zero-order valence-electron chi connectivity index (χ0n) is 12.6. The van der Waals surface area contributed by atoms with E-state index in [0.717, 1.165) is 25.5 Å². The summed E-state index contributed by atoms with van der Waals surface area (Å²) in [6.45, 7) is 13.1. The summed E-state index contributed by atoms with van der Waals surface area (Å²) in [5.74, 6) is 0.756. The minimum Gasteiger partial charge on any atom is -0.378 e. The zero-order chi connectivity index (χ0) is 13.1. The van der Waals surface area contributed by atoms with Crippen molar-refractivity contribution in [3.05, 3.63) is 0 Å². The highest BCUT2D eigenvalue weighted by Gasteiger charge is 2.11. The molecule has 0 bridgehead atoms. The highest BCUT2D eigenvalue weighted by Crippen LogP contribution is 2.14. The molecule has 0 aliphatic rings. The van der Waals surface area contributed by atoms with Gasteiger partial charge >= 0.3 is 0 Å². The Hall–Kier alpha value is -0.0800. The average molecular weight is 243 g/mol. The molecule has 3 unspecified atom stereocenters. The second-order valence-corrected chi connectivity index (χ2v) is 5.25. The van der Waals surface area contributed by atoms with E-state index in [9.17, 15) is 0 Å². The molecule has 0 aromatic carbocycles. The maximum absolute atomic E-state index is 5.97. The van der Waals surface area contributed by atoms with E-state index in [1.54, 1.807) is 0 Å². The molecule has 0 heterocycles. The Bertz CT molecular complexity index is 161. The molecule has 0 fully saturated rings. The Morgan fingerprint density at radius 2 is 1.82 bits per heavy atom. The Morgan fingerprint density at radius 3 is 2.35 bits per heavy atom. The summed E-state index contributed by atoms with van der Waals surface area (Å²) in [6, 6.07) is 0.561.